The van der Waals surface area contributed by atoms with E-state index in [0.717, 1.165) is 22.8 Å². The zero-order valence-electron chi connectivity index (χ0n) is 21.5. The standard InChI is InChI=1S/C31H25ClFN3O4/c32-28-10-9-24(33)15-27(28)31(38)36-13-11-35(12-14-36)18-25-16-29(37)30(20-39-25)40-19-21-5-7-22(8-6-21)26-4-2-1-3-23(26)17-34/h1-10,15-16,20H,11-14,18-19H2. The molecule has 0 radical (unpaired) electrons. The van der Waals surface area contributed by atoms with Crippen LogP contribution in [0.1, 0.15) is 27.2 Å². The predicted molar refractivity (Wildman–Crippen MR) is 148 cm³/mol. The molecule has 7 nitrogen and oxygen atoms in total. The molecule has 0 spiro atoms. The minimum Gasteiger partial charge on any atom is -0.482 e. The highest BCUT2D eigenvalue weighted by Crippen LogP contribution is 2.24. The van der Waals surface area contributed by atoms with Gasteiger partial charge in [0, 0.05) is 32.2 Å². The van der Waals surface area contributed by atoms with Gasteiger partial charge in [0.1, 0.15) is 24.4 Å². The Morgan fingerprint density at radius 1 is 1.02 bits per heavy atom. The summed E-state index contributed by atoms with van der Waals surface area (Å²) in [4.78, 5) is 29.1. The van der Waals surface area contributed by atoms with Crippen LogP contribution in [0.4, 0.5) is 4.39 Å². The molecule has 0 unspecified atom stereocenters. The smallest absolute Gasteiger partial charge is 0.255 e. The van der Waals surface area contributed by atoms with Gasteiger partial charge in [-0.25, -0.2) is 4.39 Å². The number of rotatable bonds is 7. The summed E-state index contributed by atoms with van der Waals surface area (Å²) in [7, 11) is 0. The van der Waals surface area contributed by atoms with Gasteiger partial charge in [0.2, 0.25) is 11.2 Å². The van der Waals surface area contributed by atoms with Gasteiger partial charge in [-0.3, -0.25) is 14.5 Å². The molecule has 1 amide bonds. The molecule has 0 N–H and O–H groups in total. The van der Waals surface area contributed by atoms with Crippen LogP contribution in [0.3, 0.4) is 0 Å². The summed E-state index contributed by atoms with van der Waals surface area (Å²) in [6.45, 7) is 2.61. The molecular weight excluding hydrogens is 533 g/mol. The van der Waals surface area contributed by atoms with Crippen molar-refractivity contribution in [1.82, 2.24) is 9.80 Å². The van der Waals surface area contributed by atoms with E-state index >= 15 is 0 Å². The van der Waals surface area contributed by atoms with Gasteiger partial charge in [0.15, 0.2) is 0 Å². The fourth-order valence-electron chi connectivity index (χ4n) is 4.56. The molecule has 1 aromatic heterocycles. The summed E-state index contributed by atoms with van der Waals surface area (Å²) in [5.41, 5.74) is 3.12. The molecule has 0 bridgehead atoms. The molecule has 0 saturated carbocycles. The molecule has 4 aromatic rings. The molecule has 9 heteroatoms. The molecular formula is C31H25ClFN3O4. The SMILES string of the molecule is N#Cc1ccccc1-c1ccc(COc2coc(CN3CCN(C(=O)c4cc(F)ccc4Cl)CC3)cc2=O)cc1. The van der Waals surface area contributed by atoms with E-state index in [4.69, 9.17) is 20.8 Å². The quantitative estimate of drug-likeness (QED) is 0.298. The second kappa shape index (κ2) is 12.2. The van der Waals surface area contributed by atoms with E-state index in [-0.39, 0.29) is 34.3 Å². The highest BCUT2D eigenvalue weighted by atomic mass is 35.5. The summed E-state index contributed by atoms with van der Waals surface area (Å²) in [6, 6.07) is 22.4. The molecule has 1 fully saturated rings. The second-order valence-electron chi connectivity index (χ2n) is 9.41. The topological polar surface area (TPSA) is 86.8 Å². The lowest BCUT2D eigenvalue weighted by Crippen LogP contribution is -2.48. The minimum absolute atomic E-state index is 0.116. The molecule has 0 atom stereocenters. The van der Waals surface area contributed by atoms with E-state index in [1.165, 1.54) is 24.5 Å². The fraction of sp³-hybridized carbons (Fsp3) is 0.194. The van der Waals surface area contributed by atoms with E-state index < -0.39 is 5.82 Å². The number of carbonyl (C=O) groups is 1. The van der Waals surface area contributed by atoms with Crippen molar-refractivity contribution in [2.75, 3.05) is 26.2 Å². The average Bonchev–Trinajstić information content (AvgIpc) is 2.98. The summed E-state index contributed by atoms with van der Waals surface area (Å²) in [5.74, 6) is -0.209. The number of halogens is 2. The van der Waals surface area contributed by atoms with Crippen LogP contribution >= 0.6 is 11.6 Å². The van der Waals surface area contributed by atoms with Crippen molar-refractivity contribution in [1.29, 1.82) is 5.26 Å². The summed E-state index contributed by atoms with van der Waals surface area (Å²) in [5, 5.41) is 9.55. The van der Waals surface area contributed by atoms with Gasteiger partial charge >= 0.3 is 0 Å². The van der Waals surface area contributed by atoms with E-state index in [2.05, 4.69) is 11.0 Å². The molecule has 3 aromatic carbocycles. The number of piperazine rings is 1. The number of ether oxygens (including phenoxy) is 1. The number of hydrogen-bond acceptors (Lipinski definition) is 6. The van der Waals surface area contributed by atoms with Crippen LogP contribution in [-0.2, 0) is 13.2 Å². The average molecular weight is 558 g/mol. The molecule has 2 heterocycles. The first-order valence-electron chi connectivity index (χ1n) is 12.7. The van der Waals surface area contributed by atoms with E-state index in [1.54, 1.807) is 11.0 Å². The van der Waals surface area contributed by atoms with Crippen LogP contribution in [0.15, 0.2) is 88.3 Å². The Bertz CT molecular complexity index is 1620. The number of benzene rings is 3. The Morgan fingerprint density at radius 3 is 2.50 bits per heavy atom. The van der Waals surface area contributed by atoms with Crippen LogP contribution in [0.5, 0.6) is 5.75 Å². The third kappa shape index (κ3) is 6.23. The van der Waals surface area contributed by atoms with E-state index in [1.807, 2.05) is 42.5 Å². The van der Waals surface area contributed by atoms with E-state index in [9.17, 15) is 19.2 Å². The van der Waals surface area contributed by atoms with Crippen molar-refractivity contribution in [3.05, 3.63) is 123 Å². The second-order valence-corrected chi connectivity index (χ2v) is 9.82. The Morgan fingerprint density at radius 2 is 1.77 bits per heavy atom. The fourth-order valence-corrected chi connectivity index (χ4v) is 4.76. The third-order valence-corrected chi connectivity index (χ3v) is 7.09. The lowest BCUT2D eigenvalue weighted by molar-refractivity contribution is 0.0619. The largest absolute Gasteiger partial charge is 0.482 e. The number of nitriles is 1. The maximum Gasteiger partial charge on any atom is 0.255 e. The first-order chi connectivity index (χ1) is 19.4. The van der Waals surface area contributed by atoms with Crippen molar-refractivity contribution in [2.45, 2.75) is 13.2 Å². The predicted octanol–water partition coefficient (Wildman–Crippen LogP) is 5.51. The number of carbonyl (C=O) groups excluding carboxylic acids is 1. The van der Waals surface area contributed by atoms with Crippen molar-refractivity contribution in [3.8, 4) is 22.9 Å². The zero-order valence-corrected chi connectivity index (χ0v) is 22.2. The Balaban J connectivity index is 1.14. The highest BCUT2D eigenvalue weighted by Gasteiger charge is 2.24. The highest BCUT2D eigenvalue weighted by molar-refractivity contribution is 6.33. The van der Waals surface area contributed by atoms with Crippen LogP contribution in [-0.4, -0.2) is 41.9 Å². The normalized spacial score (nSPS) is 13.6. The molecule has 0 aliphatic carbocycles. The maximum absolute atomic E-state index is 13.6. The van der Waals surface area contributed by atoms with Crippen molar-refractivity contribution in [2.24, 2.45) is 0 Å². The van der Waals surface area contributed by atoms with Crippen molar-refractivity contribution in [3.63, 3.8) is 0 Å². The summed E-state index contributed by atoms with van der Waals surface area (Å²) in [6.07, 6.45) is 1.32. The molecule has 1 saturated heterocycles. The number of hydrogen-bond donors (Lipinski definition) is 0. The molecule has 40 heavy (non-hydrogen) atoms. The van der Waals surface area contributed by atoms with Crippen LogP contribution in [0, 0.1) is 17.1 Å². The molecule has 202 valence electrons. The minimum atomic E-state index is -0.509. The van der Waals surface area contributed by atoms with Crippen LogP contribution in [0.25, 0.3) is 11.1 Å². The van der Waals surface area contributed by atoms with Gasteiger partial charge < -0.3 is 14.1 Å². The van der Waals surface area contributed by atoms with Crippen LogP contribution in [0.2, 0.25) is 5.02 Å². The summed E-state index contributed by atoms with van der Waals surface area (Å²) >= 11 is 6.08. The third-order valence-electron chi connectivity index (χ3n) is 6.76. The van der Waals surface area contributed by atoms with Crippen molar-refractivity contribution < 1.29 is 18.3 Å². The Labute approximate surface area is 235 Å². The van der Waals surface area contributed by atoms with Gasteiger partial charge in [-0.05, 0) is 41.0 Å². The lowest BCUT2D eigenvalue weighted by atomic mass is 9.99. The van der Waals surface area contributed by atoms with Crippen LogP contribution < -0.4 is 10.2 Å². The maximum atomic E-state index is 13.6. The van der Waals surface area contributed by atoms with Gasteiger partial charge in [-0.2, -0.15) is 5.26 Å². The molecule has 1 aliphatic heterocycles. The Hall–Kier alpha value is -4.45. The van der Waals surface area contributed by atoms with Gasteiger partial charge in [0.25, 0.3) is 5.91 Å². The summed E-state index contributed by atoms with van der Waals surface area (Å²) < 4.78 is 25.0. The van der Waals surface area contributed by atoms with Gasteiger partial charge in [-0.15, -0.1) is 0 Å². The van der Waals surface area contributed by atoms with Gasteiger partial charge in [-0.1, -0.05) is 54.1 Å². The number of amides is 1. The van der Waals surface area contributed by atoms with E-state index in [0.29, 0.717) is 44.0 Å². The first-order valence-corrected chi connectivity index (χ1v) is 13.1. The Kier molecular flexibility index (Phi) is 8.25. The zero-order chi connectivity index (χ0) is 28.1. The van der Waals surface area contributed by atoms with Gasteiger partial charge in [0.05, 0.1) is 28.8 Å². The molecule has 1 aliphatic rings. The first kappa shape index (κ1) is 27.1. The van der Waals surface area contributed by atoms with Crippen molar-refractivity contribution >= 4 is 17.5 Å². The monoisotopic (exact) mass is 557 g/mol. The molecule has 5 rings (SSSR count). The lowest BCUT2D eigenvalue weighted by Gasteiger charge is -2.34. The number of nitrogens with zero attached hydrogens (tertiary/aromatic N) is 3.